The molecular formula is C11H14ClNO2Zn. The summed E-state index contributed by atoms with van der Waals surface area (Å²) in [5.74, 6) is -0.225. The minimum absolute atomic E-state index is 0. The molecule has 0 atom stereocenters. The summed E-state index contributed by atoms with van der Waals surface area (Å²) in [6.45, 7) is 5.68. The molecule has 0 spiro atoms. The van der Waals surface area contributed by atoms with E-state index in [4.69, 9.17) is 16.3 Å². The van der Waals surface area contributed by atoms with E-state index in [2.05, 4.69) is 4.98 Å². The van der Waals surface area contributed by atoms with Crippen molar-refractivity contribution in [2.24, 2.45) is 5.41 Å². The zero-order valence-electron chi connectivity index (χ0n) is 9.79. The smallest absolute Gasteiger partial charge is 0.311 e. The number of carbonyl (C=O) groups is 1. The Bertz CT molecular complexity index is 346. The Kier molecular flexibility index (Phi) is 6.13. The zero-order chi connectivity index (χ0) is 11.5. The van der Waals surface area contributed by atoms with E-state index >= 15 is 0 Å². The summed E-state index contributed by atoms with van der Waals surface area (Å²) < 4.78 is 5.11. The van der Waals surface area contributed by atoms with Crippen molar-refractivity contribution in [2.75, 3.05) is 0 Å². The van der Waals surface area contributed by atoms with Crippen molar-refractivity contribution >= 4 is 17.6 Å². The van der Waals surface area contributed by atoms with E-state index in [1.54, 1.807) is 18.3 Å². The molecule has 0 aliphatic carbocycles. The number of esters is 1. The Hall–Kier alpha value is -0.467. The van der Waals surface area contributed by atoms with Gasteiger partial charge in [0.05, 0.1) is 5.41 Å². The summed E-state index contributed by atoms with van der Waals surface area (Å²) in [4.78, 5) is 15.3. The fourth-order valence-corrected chi connectivity index (χ4v) is 0.969. The molecule has 0 saturated carbocycles. The SMILES string of the molecule is CC(C)(C)C(=O)OCc1ccc(Cl)nc1.[Zn]. The van der Waals surface area contributed by atoms with Gasteiger partial charge in [0.25, 0.3) is 0 Å². The Morgan fingerprint density at radius 3 is 2.50 bits per heavy atom. The molecule has 0 amide bonds. The van der Waals surface area contributed by atoms with Gasteiger partial charge in [-0.25, -0.2) is 4.98 Å². The van der Waals surface area contributed by atoms with Crippen LogP contribution in [0.5, 0.6) is 0 Å². The van der Waals surface area contributed by atoms with Crippen molar-refractivity contribution < 1.29 is 29.0 Å². The van der Waals surface area contributed by atoms with Gasteiger partial charge in [-0.15, -0.1) is 0 Å². The molecule has 3 nitrogen and oxygen atoms in total. The van der Waals surface area contributed by atoms with Gasteiger partial charge < -0.3 is 4.74 Å². The molecule has 0 N–H and O–H groups in total. The molecule has 0 aromatic carbocycles. The predicted molar refractivity (Wildman–Crippen MR) is 58.5 cm³/mol. The van der Waals surface area contributed by atoms with E-state index in [0.29, 0.717) is 5.15 Å². The van der Waals surface area contributed by atoms with Crippen molar-refractivity contribution in [3.8, 4) is 0 Å². The molecular weight excluding hydrogens is 279 g/mol. The normalized spacial score (nSPS) is 10.5. The number of halogens is 1. The van der Waals surface area contributed by atoms with Gasteiger partial charge in [-0.1, -0.05) is 17.7 Å². The first-order valence-corrected chi connectivity index (χ1v) is 5.05. The van der Waals surface area contributed by atoms with Gasteiger partial charge >= 0.3 is 5.97 Å². The topological polar surface area (TPSA) is 39.2 Å². The predicted octanol–water partition coefficient (Wildman–Crippen LogP) is 2.82. The van der Waals surface area contributed by atoms with Gasteiger partial charge in [-0.3, -0.25) is 4.79 Å². The van der Waals surface area contributed by atoms with Crippen molar-refractivity contribution in [2.45, 2.75) is 27.4 Å². The number of hydrogen-bond donors (Lipinski definition) is 0. The second-order valence-electron chi connectivity index (χ2n) is 4.32. The molecule has 0 unspecified atom stereocenters. The third kappa shape index (κ3) is 5.04. The van der Waals surface area contributed by atoms with Crippen molar-refractivity contribution in [1.29, 1.82) is 0 Å². The number of nitrogens with zero attached hydrogens (tertiary/aromatic N) is 1. The number of carbonyl (C=O) groups excluding carboxylic acids is 1. The van der Waals surface area contributed by atoms with Crippen molar-refractivity contribution in [1.82, 2.24) is 4.98 Å². The van der Waals surface area contributed by atoms with Crippen LogP contribution >= 0.6 is 11.6 Å². The molecule has 84 valence electrons. The number of rotatable bonds is 2. The van der Waals surface area contributed by atoms with Crippen LogP contribution in [0.1, 0.15) is 26.3 Å². The van der Waals surface area contributed by atoms with E-state index in [-0.39, 0.29) is 32.1 Å². The first-order valence-electron chi connectivity index (χ1n) is 4.67. The van der Waals surface area contributed by atoms with Crippen molar-refractivity contribution in [3.05, 3.63) is 29.0 Å². The quantitative estimate of drug-likeness (QED) is 0.478. The van der Waals surface area contributed by atoms with Gasteiger partial charge in [0.1, 0.15) is 11.8 Å². The van der Waals surface area contributed by atoms with Gasteiger partial charge in [0.2, 0.25) is 0 Å². The maximum atomic E-state index is 11.4. The second kappa shape index (κ2) is 6.31. The molecule has 0 aliphatic rings. The molecule has 16 heavy (non-hydrogen) atoms. The fourth-order valence-electron chi connectivity index (χ4n) is 0.857. The molecule has 0 aliphatic heterocycles. The van der Waals surface area contributed by atoms with E-state index in [9.17, 15) is 4.79 Å². The Morgan fingerprint density at radius 1 is 1.44 bits per heavy atom. The van der Waals surface area contributed by atoms with Crippen LogP contribution in [-0.2, 0) is 35.6 Å². The van der Waals surface area contributed by atoms with E-state index in [0.717, 1.165) is 5.56 Å². The van der Waals surface area contributed by atoms with Crippen molar-refractivity contribution in [3.63, 3.8) is 0 Å². The maximum absolute atomic E-state index is 11.4. The average molecular weight is 293 g/mol. The molecule has 0 fully saturated rings. The van der Waals surface area contributed by atoms with Crippen LogP contribution in [0.3, 0.4) is 0 Å². The van der Waals surface area contributed by atoms with Crippen LogP contribution in [-0.4, -0.2) is 11.0 Å². The number of ether oxygens (including phenoxy) is 1. The van der Waals surface area contributed by atoms with E-state index in [1.807, 2.05) is 20.8 Å². The Balaban J connectivity index is 0.00000225. The minimum atomic E-state index is -0.472. The third-order valence-electron chi connectivity index (χ3n) is 1.77. The van der Waals surface area contributed by atoms with Gasteiger partial charge in [0, 0.05) is 31.2 Å². The number of pyridine rings is 1. The molecule has 0 radical (unpaired) electrons. The standard InChI is InChI=1S/C11H14ClNO2.Zn/c1-11(2,3)10(14)15-7-8-4-5-9(12)13-6-8;/h4-6H,7H2,1-3H3;. The Morgan fingerprint density at radius 2 is 2.06 bits per heavy atom. The molecule has 0 saturated heterocycles. The molecule has 5 heteroatoms. The first kappa shape index (κ1) is 15.5. The van der Waals surface area contributed by atoms with Crippen LogP contribution in [0, 0.1) is 5.41 Å². The monoisotopic (exact) mass is 291 g/mol. The van der Waals surface area contributed by atoms with Gasteiger partial charge in [-0.05, 0) is 26.8 Å². The fraction of sp³-hybridized carbons (Fsp3) is 0.455. The van der Waals surface area contributed by atoms with E-state index < -0.39 is 5.41 Å². The first-order chi connectivity index (χ1) is 6.89. The van der Waals surface area contributed by atoms with Crippen LogP contribution in [0.4, 0.5) is 0 Å². The van der Waals surface area contributed by atoms with Crippen LogP contribution in [0.2, 0.25) is 5.15 Å². The molecule has 1 aromatic heterocycles. The summed E-state index contributed by atoms with van der Waals surface area (Å²) in [6.07, 6.45) is 1.60. The second-order valence-corrected chi connectivity index (χ2v) is 4.70. The molecule has 0 bridgehead atoms. The average Bonchev–Trinajstić information content (AvgIpc) is 2.15. The molecule has 1 aromatic rings. The summed E-state index contributed by atoms with van der Waals surface area (Å²) in [7, 11) is 0. The van der Waals surface area contributed by atoms with E-state index in [1.165, 1.54) is 0 Å². The van der Waals surface area contributed by atoms with Gasteiger partial charge in [-0.2, -0.15) is 0 Å². The van der Waals surface area contributed by atoms with Crippen LogP contribution in [0.15, 0.2) is 18.3 Å². The number of aromatic nitrogens is 1. The summed E-state index contributed by atoms with van der Waals surface area (Å²) in [5, 5.41) is 0.431. The minimum Gasteiger partial charge on any atom is -0.460 e. The van der Waals surface area contributed by atoms with Crippen LogP contribution in [0.25, 0.3) is 0 Å². The van der Waals surface area contributed by atoms with Crippen LogP contribution < -0.4 is 0 Å². The zero-order valence-corrected chi connectivity index (χ0v) is 13.5. The summed E-state index contributed by atoms with van der Waals surface area (Å²) >= 11 is 5.63. The molecule has 1 heterocycles. The number of hydrogen-bond acceptors (Lipinski definition) is 3. The largest absolute Gasteiger partial charge is 0.460 e. The Labute approximate surface area is 113 Å². The maximum Gasteiger partial charge on any atom is 0.311 e. The summed E-state index contributed by atoms with van der Waals surface area (Å²) in [6, 6.07) is 3.45. The molecule has 1 rings (SSSR count). The third-order valence-corrected chi connectivity index (χ3v) is 1.99. The summed E-state index contributed by atoms with van der Waals surface area (Å²) in [5.41, 5.74) is 0.358. The van der Waals surface area contributed by atoms with Gasteiger partial charge in [0.15, 0.2) is 0 Å².